The van der Waals surface area contributed by atoms with E-state index in [1.54, 1.807) is 21.1 Å². The number of fused-ring (bicyclic) bond motifs is 4. The molecule has 0 aromatic carbocycles. The number of amides is 2. The van der Waals surface area contributed by atoms with Crippen molar-refractivity contribution in [2.75, 3.05) is 20.6 Å². The van der Waals surface area contributed by atoms with Gasteiger partial charge < -0.3 is 15.0 Å². The van der Waals surface area contributed by atoms with Crippen LogP contribution in [0.5, 0.6) is 0 Å². The molecule has 3 rings (SSSR count). The van der Waals surface area contributed by atoms with E-state index in [4.69, 9.17) is 4.55 Å². The number of aryl methyl sites for hydroxylation is 1. The second-order valence-corrected chi connectivity index (χ2v) is 6.65. The third kappa shape index (κ3) is 2.37. The second-order valence-electron chi connectivity index (χ2n) is 5.64. The van der Waals surface area contributed by atoms with Crippen LogP contribution in [0.15, 0.2) is 11.4 Å². The summed E-state index contributed by atoms with van der Waals surface area (Å²) in [5.74, 6) is 0.167. The molecule has 0 radical (unpaired) electrons. The van der Waals surface area contributed by atoms with Crippen molar-refractivity contribution in [3.8, 4) is 0 Å². The minimum atomic E-state index is -4.87. The molecule has 0 saturated carbocycles. The van der Waals surface area contributed by atoms with Crippen molar-refractivity contribution in [1.29, 1.82) is 0 Å². The molecule has 2 aliphatic heterocycles. The number of nitrogens with zero attached hydrogens (tertiary/aromatic N) is 6. The second kappa shape index (κ2) is 5.32. The van der Waals surface area contributed by atoms with E-state index in [0.717, 1.165) is 0 Å². The van der Waals surface area contributed by atoms with Gasteiger partial charge in [0.15, 0.2) is 5.84 Å². The van der Waals surface area contributed by atoms with Crippen LogP contribution in [0.3, 0.4) is 0 Å². The first kappa shape index (κ1) is 16.5. The number of carbonyl (C=O) groups excluding carboxylic acids is 1. The highest BCUT2D eigenvalue weighted by Gasteiger charge is 2.53. The number of amidine groups is 1. The Balaban J connectivity index is 2.14. The molecule has 1 fully saturated rings. The molecule has 0 aliphatic carbocycles. The quantitative estimate of drug-likeness (QED) is 0.238. The topological polar surface area (TPSA) is 141 Å². The fourth-order valence-electron chi connectivity index (χ4n) is 3.08. The lowest BCUT2D eigenvalue weighted by atomic mass is 9.97. The van der Waals surface area contributed by atoms with Crippen LogP contribution >= 0.6 is 0 Å². The number of urea groups is 1. The molecule has 13 heteroatoms. The Bertz CT molecular complexity index is 817. The van der Waals surface area contributed by atoms with Gasteiger partial charge in [-0.1, -0.05) is 5.16 Å². The van der Waals surface area contributed by atoms with E-state index in [9.17, 15) is 18.4 Å². The van der Waals surface area contributed by atoms with Crippen molar-refractivity contribution >= 4 is 22.3 Å². The van der Waals surface area contributed by atoms with Gasteiger partial charge in [0.1, 0.15) is 12.1 Å². The first-order chi connectivity index (χ1) is 11.2. The van der Waals surface area contributed by atoms with E-state index in [-0.39, 0.29) is 12.4 Å². The number of hydrogen-bond acceptors (Lipinski definition) is 7. The van der Waals surface area contributed by atoms with Gasteiger partial charge in [-0.05, 0) is 0 Å². The first-order valence-electron chi connectivity index (χ1n) is 6.83. The largest absolute Gasteiger partial charge is 0.418 e. The molecule has 3 heterocycles. The summed E-state index contributed by atoms with van der Waals surface area (Å²) < 4.78 is 37.0. The molecule has 1 aromatic rings. The Morgan fingerprint density at radius 2 is 2.17 bits per heavy atom. The molecule has 1 aromatic heterocycles. The number of likely N-dealkylation sites (N-methyl/N-ethyl adjacent to an activating group) is 1. The van der Waals surface area contributed by atoms with E-state index in [1.807, 2.05) is 0 Å². The van der Waals surface area contributed by atoms with E-state index < -0.39 is 28.5 Å². The SMILES string of the molecule is CN(C)/C(=N\O)C1c2c(cnn2C)C2CN1C(=O)N2OS(=O)(=O)O. The monoisotopic (exact) mass is 360 g/mol. The standard InChI is InChI=1S/C11H16N6O6S/c1-14(2)10(13-19)9-8-6(4-12-15(8)3)7-5-16(9)11(18)17(7)23-24(20,21)22/h4,7,9,19H,5H2,1-3H3,(H,20,21,22)/b13-10-. The Morgan fingerprint density at radius 1 is 1.50 bits per heavy atom. The fraction of sp³-hybridized carbons (Fsp3) is 0.545. The predicted octanol–water partition coefficient (Wildman–Crippen LogP) is -0.663. The van der Waals surface area contributed by atoms with Gasteiger partial charge in [-0.25, -0.2) is 4.79 Å². The highest BCUT2D eigenvalue weighted by atomic mass is 32.3. The van der Waals surface area contributed by atoms with Crippen LogP contribution in [0.25, 0.3) is 0 Å². The normalized spacial score (nSPS) is 23.7. The van der Waals surface area contributed by atoms with E-state index >= 15 is 0 Å². The van der Waals surface area contributed by atoms with Crippen LogP contribution < -0.4 is 0 Å². The van der Waals surface area contributed by atoms with Gasteiger partial charge >= 0.3 is 16.4 Å². The molecule has 132 valence electrons. The van der Waals surface area contributed by atoms with Gasteiger partial charge in [-0.15, -0.1) is 4.28 Å². The number of oxime groups is 1. The summed E-state index contributed by atoms with van der Waals surface area (Å²) >= 11 is 0. The lowest BCUT2D eigenvalue weighted by Crippen LogP contribution is -2.44. The zero-order chi connectivity index (χ0) is 17.8. The van der Waals surface area contributed by atoms with Gasteiger partial charge in [0.25, 0.3) is 0 Å². The summed E-state index contributed by atoms with van der Waals surface area (Å²) in [5.41, 5.74) is 1.10. The number of rotatable bonds is 3. The van der Waals surface area contributed by atoms with Crippen LogP contribution in [-0.4, -0.2) is 75.3 Å². The summed E-state index contributed by atoms with van der Waals surface area (Å²) in [7, 11) is 0.0664. The van der Waals surface area contributed by atoms with Gasteiger partial charge in [-0.3, -0.25) is 9.23 Å². The molecule has 24 heavy (non-hydrogen) atoms. The van der Waals surface area contributed by atoms with Gasteiger partial charge in [0, 0.05) is 26.7 Å². The average molecular weight is 360 g/mol. The molecular formula is C11H16N6O6S. The Labute approximate surface area is 137 Å². The maximum Gasteiger partial charge on any atom is 0.418 e. The summed E-state index contributed by atoms with van der Waals surface area (Å²) in [5, 5.41) is 17.3. The zero-order valence-electron chi connectivity index (χ0n) is 13.1. The molecule has 2 unspecified atom stereocenters. The van der Waals surface area contributed by atoms with Gasteiger partial charge in [-0.2, -0.15) is 18.6 Å². The third-order valence-corrected chi connectivity index (χ3v) is 4.36. The summed E-state index contributed by atoms with van der Waals surface area (Å²) in [6.07, 6.45) is 1.48. The molecule has 0 spiro atoms. The van der Waals surface area contributed by atoms with Crippen molar-refractivity contribution < 1.29 is 27.3 Å². The number of aromatic nitrogens is 2. The lowest BCUT2D eigenvalue weighted by molar-refractivity contribution is -0.0316. The summed E-state index contributed by atoms with van der Waals surface area (Å²) in [6, 6.07) is -2.32. The Morgan fingerprint density at radius 3 is 2.71 bits per heavy atom. The third-order valence-electron chi connectivity index (χ3n) is 4.01. The van der Waals surface area contributed by atoms with Gasteiger partial charge in [0.2, 0.25) is 0 Å². The van der Waals surface area contributed by atoms with Crippen LogP contribution in [-0.2, 0) is 21.7 Å². The van der Waals surface area contributed by atoms with Crippen molar-refractivity contribution in [3.05, 3.63) is 17.5 Å². The first-order valence-corrected chi connectivity index (χ1v) is 8.20. The highest BCUT2D eigenvalue weighted by molar-refractivity contribution is 7.80. The van der Waals surface area contributed by atoms with Crippen molar-refractivity contribution in [2.45, 2.75) is 12.1 Å². The van der Waals surface area contributed by atoms with Crippen molar-refractivity contribution in [3.63, 3.8) is 0 Å². The Hall–Kier alpha value is -2.38. The molecule has 1 saturated heterocycles. The maximum absolute atomic E-state index is 12.6. The molecule has 2 bridgehead atoms. The van der Waals surface area contributed by atoms with Crippen LogP contribution in [0.2, 0.25) is 0 Å². The Kier molecular flexibility index (Phi) is 3.65. The number of hydroxylamine groups is 2. The minimum absolute atomic E-state index is 0.0879. The van der Waals surface area contributed by atoms with Crippen molar-refractivity contribution in [1.82, 2.24) is 24.6 Å². The molecule has 2 amide bonds. The minimum Gasteiger partial charge on any atom is -0.409 e. The zero-order valence-corrected chi connectivity index (χ0v) is 13.9. The molecule has 12 nitrogen and oxygen atoms in total. The molecule has 2 N–H and O–H groups in total. The molecular weight excluding hydrogens is 344 g/mol. The van der Waals surface area contributed by atoms with E-state index in [0.29, 0.717) is 16.3 Å². The molecule has 2 atom stereocenters. The number of hydrogen-bond donors (Lipinski definition) is 2. The van der Waals surface area contributed by atoms with Crippen LogP contribution in [0.1, 0.15) is 23.3 Å². The predicted molar refractivity (Wildman–Crippen MR) is 78.2 cm³/mol. The molecule has 2 aliphatic rings. The number of carbonyl (C=O) groups is 1. The van der Waals surface area contributed by atoms with Crippen LogP contribution in [0, 0.1) is 0 Å². The maximum atomic E-state index is 12.6. The van der Waals surface area contributed by atoms with E-state index in [1.165, 1.54) is 20.7 Å². The highest BCUT2D eigenvalue weighted by Crippen LogP contribution is 2.44. The lowest BCUT2D eigenvalue weighted by Gasteiger charge is -2.33. The summed E-state index contributed by atoms with van der Waals surface area (Å²) in [6.45, 7) is 0.0879. The van der Waals surface area contributed by atoms with E-state index in [2.05, 4.69) is 14.5 Å². The van der Waals surface area contributed by atoms with Crippen molar-refractivity contribution in [2.24, 2.45) is 12.2 Å². The average Bonchev–Trinajstić information content (AvgIpc) is 2.96. The smallest absolute Gasteiger partial charge is 0.409 e. The van der Waals surface area contributed by atoms with Gasteiger partial charge in [0.05, 0.1) is 18.4 Å². The summed E-state index contributed by atoms with van der Waals surface area (Å²) in [4.78, 5) is 15.4. The fourth-order valence-corrected chi connectivity index (χ4v) is 3.45. The van der Waals surface area contributed by atoms with Crippen LogP contribution in [0.4, 0.5) is 4.79 Å².